The normalized spacial score (nSPS) is 22.7. The van der Waals surface area contributed by atoms with Gasteiger partial charge in [0.25, 0.3) is 0 Å². The summed E-state index contributed by atoms with van der Waals surface area (Å²) in [6, 6.07) is 19.4. The van der Waals surface area contributed by atoms with Crippen LogP contribution in [0.2, 0.25) is 0 Å². The summed E-state index contributed by atoms with van der Waals surface area (Å²) in [4.78, 5) is 55.9. The van der Waals surface area contributed by atoms with Crippen LogP contribution < -0.4 is 19.7 Å². The number of benzene rings is 3. The molecule has 6 rings (SSSR count). The van der Waals surface area contributed by atoms with Gasteiger partial charge in [0.1, 0.15) is 17.5 Å². The van der Waals surface area contributed by atoms with Gasteiger partial charge in [0.05, 0.1) is 30.7 Å². The number of hydrogen-bond acceptors (Lipinski definition) is 7. The Labute approximate surface area is 224 Å². The Morgan fingerprint density at radius 3 is 2.21 bits per heavy atom. The average Bonchev–Trinajstić information content (AvgIpc) is 3.42. The molecule has 0 radical (unpaired) electrons. The van der Waals surface area contributed by atoms with E-state index in [9.17, 15) is 19.2 Å². The lowest BCUT2D eigenvalue weighted by molar-refractivity contribution is -0.132. The summed E-state index contributed by atoms with van der Waals surface area (Å²) in [6.45, 7) is 1.29. The average molecular weight is 524 g/mol. The number of anilines is 2. The van der Waals surface area contributed by atoms with Gasteiger partial charge in [-0.05, 0) is 65.7 Å². The van der Waals surface area contributed by atoms with Crippen LogP contribution in [0.1, 0.15) is 24.1 Å². The Morgan fingerprint density at radius 2 is 1.51 bits per heavy atom. The van der Waals surface area contributed by atoms with E-state index in [4.69, 9.17) is 9.47 Å². The van der Waals surface area contributed by atoms with E-state index >= 15 is 0 Å². The van der Waals surface area contributed by atoms with E-state index < -0.39 is 35.8 Å². The summed E-state index contributed by atoms with van der Waals surface area (Å²) in [5.41, 5.74) is 2.74. The van der Waals surface area contributed by atoms with Crippen LogP contribution in [0.3, 0.4) is 0 Å². The number of rotatable bonds is 5. The highest BCUT2D eigenvalue weighted by molar-refractivity contribution is 6.24. The number of amides is 3. The molecule has 2 saturated heterocycles. The summed E-state index contributed by atoms with van der Waals surface area (Å²) >= 11 is 0. The Balaban J connectivity index is 1.38. The van der Waals surface area contributed by atoms with Crippen LogP contribution in [0.4, 0.5) is 11.4 Å². The molecule has 0 aromatic heterocycles. The summed E-state index contributed by atoms with van der Waals surface area (Å²) in [5, 5.41) is 2.92. The van der Waals surface area contributed by atoms with Crippen molar-refractivity contribution in [1.82, 2.24) is 4.90 Å². The molecule has 1 N–H and O–H groups in total. The lowest BCUT2D eigenvalue weighted by Crippen LogP contribution is -2.46. The molecular weight excluding hydrogens is 498 g/mol. The second-order valence-electron chi connectivity index (χ2n) is 9.65. The van der Waals surface area contributed by atoms with E-state index in [-0.39, 0.29) is 11.8 Å². The third-order valence-electron chi connectivity index (χ3n) is 7.44. The molecule has 196 valence electrons. The van der Waals surface area contributed by atoms with E-state index in [1.54, 1.807) is 43.5 Å². The van der Waals surface area contributed by atoms with Crippen LogP contribution in [-0.2, 0) is 19.2 Å². The van der Waals surface area contributed by atoms with Gasteiger partial charge in [0.2, 0.25) is 17.7 Å². The molecule has 4 unspecified atom stereocenters. The van der Waals surface area contributed by atoms with Crippen molar-refractivity contribution in [3.05, 3.63) is 90.1 Å². The van der Waals surface area contributed by atoms with Crippen molar-refractivity contribution in [3.63, 3.8) is 0 Å². The lowest BCUT2D eigenvalue weighted by atomic mass is 9.84. The van der Waals surface area contributed by atoms with Gasteiger partial charge >= 0.3 is 5.97 Å². The first-order chi connectivity index (χ1) is 18.9. The highest BCUT2D eigenvalue weighted by Gasteiger charge is 2.64. The predicted octanol–water partition coefficient (Wildman–Crippen LogP) is 3.77. The Hall–Kier alpha value is -4.92. The number of fused-ring (bicyclic) bond motifs is 5. The van der Waals surface area contributed by atoms with Crippen molar-refractivity contribution in [2.24, 2.45) is 11.8 Å². The van der Waals surface area contributed by atoms with Crippen LogP contribution in [0, 0.1) is 11.8 Å². The number of esters is 1. The number of imide groups is 1. The second kappa shape index (κ2) is 9.43. The molecule has 0 saturated carbocycles. The molecule has 3 aliphatic rings. The molecule has 3 aliphatic heterocycles. The molecule has 39 heavy (non-hydrogen) atoms. The van der Waals surface area contributed by atoms with Gasteiger partial charge < -0.3 is 19.7 Å². The van der Waals surface area contributed by atoms with Gasteiger partial charge in [-0.2, -0.15) is 0 Å². The first-order valence-corrected chi connectivity index (χ1v) is 12.5. The van der Waals surface area contributed by atoms with Gasteiger partial charge in [-0.3, -0.25) is 19.2 Å². The molecule has 0 spiro atoms. The quantitative estimate of drug-likeness (QED) is 0.308. The monoisotopic (exact) mass is 523 g/mol. The van der Waals surface area contributed by atoms with Gasteiger partial charge in [-0.15, -0.1) is 0 Å². The zero-order valence-corrected chi connectivity index (χ0v) is 21.2. The Bertz CT molecular complexity index is 1510. The topological polar surface area (TPSA) is 105 Å². The van der Waals surface area contributed by atoms with Crippen LogP contribution in [-0.4, -0.2) is 41.7 Å². The maximum Gasteiger partial charge on any atom is 0.308 e. The smallest absolute Gasteiger partial charge is 0.308 e. The van der Waals surface area contributed by atoms with Gasteiger partial charge in [-0.25, -0.2) is 4.90 Å². The Morgan fingerprint density at radius 1 is 0.846 bits per heavy atom. The van der Waals surface area contributed by atoms with Crippen molar-refractivity contribution >= 4 is 41.1 Å². The third kappa shape index (κ3) is 4.03. The molecule has 4 atom stereocenters. The fraction of sp³-hybridized carbons (Fsp3) is 0.200. The molecule has 2 fully saturated rings. The van der Waals surface area contributed by atoms with Crippen LogP contribution in [0.5, 0.6) is 11.5 Å². The van der Waals surface area contributed by atoms with E-state index in [1.165, 1.54) is 19.1 Å². The molecule has 9 heteroatoms. The summed E-state index contributed by atoms with van der Waals surface area (Å²) in [5.74, 6) is -2.37. The minimum atomic E-state index is -0.909. The number of methoxy groups -OCH3 is 1. The number of carbonyl (C=O) groups is 4. The third-order valence-corrected chi connectivity index (χ3v) is 7.44. The van der Waals surface area contributed by atoms with Crippen molar-refractivity contribution in [1.29, 1.82) is 0 Å². The number of carbonyl (C=O) groups excluding carboxylic acids is 4. The van der Waals surface area contributed by atoms with Crippen molar-refractivity contribution in [3.8, 4) is 11.5 Å². The Kier molecular flexibility index (Phi) is 5.91. The highest BCUT2D eigenvalue weighted by atomic mass is 16.5. The van der Waals surface area contributed by atoms with Crippen molar-refractivity contribution in [2.75, 3.05) is 17.3 Å². The SMILES string of the molecule is COc1ccc(NC(=O)C2C3C(=O)N(c4ccc(OC(C)=O)cc4)C(=O)C3C3c4ccccc4C=CN23)cc1. The maximum absolute atomic E-state index is 13.9. The van der Waals surface area contributed by atoms with E-state index in [1.807, 2.05) is 41.4 Å². The molecule has 3 amide bonds. The number of nitrogens with zero attached hydrogens (tertiary/aromatic N) is 2. The number of nitrogens with one attached hydrogen (secondary N) is 1. The van der Waals surface area contributed by atoms with Gasteiger partial charge in [0.15, 0.2) is 0 Å². The fourth-order valence-corrected chi connectivity index (χ4v) is 5.83. The van der Waals surface area contributed by atoms with Gasteiger partial charge in [0, 0.05) is 18.8 Å². The molecular formula is C30H25N3O6. The zero-order valence-electron chi connectivity index (χ0n) is 21.2. The van der Waals surface area contributed by atoms with E-state index in [2.05, 4.69) is 5.32 Å². The summed E-state index contributed by atoms with van der Waals surface area (Å²) in [6.07, 6.45) is 3.71. The number of ether oxygens (including phenoxy) is 2. The molecule has 3 aromatic carbocycles. The first kappa shape index (κ1) is 24.4. The van der Waals surface area contributed by atoms with Crippen molar-refractivity contribution in [2.45, 2.75) is 19.0 Å². The molecule has 9 nitrogen and oxygen atoms in total. The molecule has 3 aromatic rings. The lowest BCUT2D eigenvalue weighted by Gasteiger charge is -2.35. The standard InChI is InChI=1S/C30H25N3O6/c1-17(34)39-22-13-9-20(10-14-22)33-29(36)24-25(30(33)37)27(28(35)31-19-7-11-21(38-2)12-8-19)32-16-15-18-5-3-4-6-23(18)26(24)32/h3-16,24-27H,1-2H3,(H,31,35). The maximum atomic E-state index is 13.9. The van der Waals surface area contributed by atoms with Crippen LogP contribution in [0.15, 0.2) is 79.0 Å². The fourth-order valence-electron chi connectivity index (χ4n) is 5.83. The largest absolute Gasteiger partial charge is 0.497 e. The summed E-state index contributed by atoms with van der Waals surface area (Å²) < 4.78 is 10.3. The van der Waals surface area contributed by atoms with E-state index in [0.29, 0.717) is 22.9 Å². The highest BCUT2D eigenvalue weighted by Crippen LogP contribution is 2.53. The van der Waals surface area contributed by atoms with Crippen LogP contribution >= 0.6 is 0 Å². The first-order valence-electron chi connectivity index (χ1n) is 12.5. The van der Waals surface area contributed by atoms with E-state index in [0.717, 1.165) is 16.0 Å². The summed E-state index contributed by atoms with van der Waals surface area (Å²) in [7, 11) is 1.56. The van der Waals surface area contributed by atoms with Crippen molar-refractivity contribution < 1.29 is 28.7 Å². The van der Waals surface area contributed by atoms with Gasteiger partial charge in [-0.1, -0.05) is 24.3 Å². The minimum Gasteiger partial charge on any atom is -0.497 e. The molecule has 0 aliphatic carbocycles. The number of hydrogen-bond donors (Lipinski definition) is 1. The predicted molar refractivity (Wildman–Crippen MR) is 143 cm³/mol. The molecule has 0 bridgehead atoms. The molecule has 3 heterocycles. The second-order valence-corrected chi connectivity index (χ2v) is 9.65. The van der Waals surface area contributed by atoms with Crippen LogP contribution in [0.25, 0.3) is 6.08 Å². The minimum absolute atomic E-state index is 0.305. The zero-order chi connectivity index (χ0) is 27.3.